The average molecular weight is 356 g/mol. The van der Waals surface area contributed by atoms with Crippen LogP contribution in [-0.2, 0) is 16.0 Å². The Labute approximate surface area is 149 Å². The van der Waals surface area contributed by atoms with Gasteiger partial charge in [-0.25, -0.2) is 9.18 Å². The lowest BCUT2D eigenvalue weighted by molar-refractivity contribution is -0.142. The highest BCUT2D eigenvalue weighted by atomic mass is 19.1. The fraction of sp³-hybridized carbons (Fsp3) is 0.200. The zero-order chi connectivity index (χ0) is 18.7. The molecular weight excluding hydrogens is 339 g/mol. The molecule has 0 amide bonds. The van der Waals surface area contributed by atoms with Crippen LogP contribution in [0.15, 0.2) is 57.7 Å². The molecule has 134 valence electrons. The molecule has 6 heteroatoms. The first-order valence-corrected chi connectivity index (χ1v) is 7.96. The van der Waals surface area contributed by atoms with Gasteiger partial charge in [0.05, 0.1) is 20.1 Å². The van der Waals surface area contributed by atoms with Crippen molar-refractivity contribution in [2.24, 2.45) is 0 Å². The second-order valence-corrected chi connectivity index (χ2v) is 5.79. The summed E-state index contributed by atoms with van der Waals surface area (Å²) in [6.07, 6.45) is 0.261. The van der Waals surface area contributed by atoms with E-state index < -0.39 is 17.5 Å². The monoisotopic (exact) mass is 356 g/mol. The van der Waals surface area contributed by atoms with Crippen molar-refractivity contribution in [3.05, 3.63) is 75.9 Å². The lowest BCUT2D eigenvalue weighted by Gasteiger charge is -2.17. The van der Waals surface area contributed by atoms with Crippen LogP contribution in [0.2, 0.25) is 0 Å². The Morgan fingerprint density at radius 1 is 1.12 bits per heavy atom. The van der Waals surface area contributed by atoms with Gasteiger partial charge in [0.1, 0.15) is 17.1 Å². The molecule has 0 unspecified atom stereocenters. The Hall–Kier alpha value is -3.15. The first-order chi connectivity index (χ1) is 12.5. The van der Waals surface area contributed by atoms with Crippen LogP contribution in [0.4, 0.5) is 4.39 Å². The molecule has 1 aromatic heterocycles. The molecular formula is C20H17FO5. The van der Waals surface area contributed by atoms with Crippen molar-refractivity contribution in [2.75, 3.05) is 14.2 Å². The smallest absolute Gasteiger partial charge is 0.336 e. The fourth-order valence-corrected chi connectivity index (χ4v) is 2.90. The summed E-state index contributed by atoms with van der Waals surface area (Å²) in [5.74, 6) is -1.05. The average Bonchev–Trinajstić information content (AvgIpc) is 2.65. The number of halogens is 1. The topological polar surface area (TPSA) is 65.7 Å². The van der Waals surface area contributed by atoms with Gasteiger partial charge in [-0.15, -0.1) is 0 Å². The Morgan fingerprint density at radius 3 is 2.50 bits per heavy atom. The Balaban J connectivity index is 2.12. The van der Waals surface area contributed by atoms with Crippen molar-refractivity contribution >= 4 is 16.9 Å². The molecule has 1 heterocycles. The number of rotatable bonds is 5. The summed E-state index contributed by atoms with van der Waals surface area (Å²) in [6.45, 7) is 0. The second kappa shape index (κ2) is 7.39. The van der Waals surface area contributed by atoms with E-state index in [-0.39, 0.29) is 12.2 Å². The van der Waals surface area contributed by atoms with E-state index in [1.807, 2.05) is 0 Å². The quantitative estimate of drug-likeness (QED) is 0.518. The van der Waals surface area contributed by atoms with E-state index >= 15 is 0 Å². The van der Waals surface area contributed by atoms with Crippen molar-refractivity contribution < 1.29 is 23.1 Å². The maximum Gasteiger partial charge on any atom is 0.336 e. The van der Waals surface area contributed by atoms with Crippen molar-refractivity contribution in [3.63, 3.8) is 0 Å². The SMILES string of the molecule is COC(=O)[C@H](Cc1ccc(F)cc1)c1cc(=O)oc2cc(OC)ccc12. The lowest BCUT2D eigenvalue weighted by Crippen LogP contribution is -2.19. The van der Waals surface area contributed by atoms with Crippen LogP contribution < -0.4 is 10.4 Å². The van der Waals surface area contributed by atoms with E-state index in [0.29, 0.717) is 22.3 Å². The standard InChI is InChI=1S/C20H17FO5/c1-24-14-7-8-15-16(11-19(22)26-18(15)10-14)17(20(23)25-2)9-12-3-5-13(21)6-4-12/h3-8,10-11,17H,9H2,1-2H3/t17-/m1/s1. The third-order valence-corrected chi connectivity index (χ3v) is 4.20. The van der Waals surface area contributed by atoms with Gasteiger partial charge in [0.25, 0.3) is 0 Å². The Kier molecular flexibility index (Phi) is 5.02. The molecule has 0 aliphatic heterocycles. The summed E-state index contributed by atoms with van der Waals surface area (Å²) in [7, 11) is 2.80. The molecule has 26 heavy (non-hydrogen) atoms. The van der Waals surface area contributed by atoms with Gasteiger partial charge < -0.3 is 13.9 Å². The Bertz CT molecular complexity index is 991. The van der Waals surface area contributed by atoms with Crippen LogP contribution in [0.1, 0.15) is 17.0 Å². The van der Waals surface area contributed by atoms with Crippen molar-refractivity contribution in [1.82, 2.24) is 0 Å². The normalized spacial score (nSPS) is 12.0. The van der Waals surface area contributed by atoms with E-state index in [4.69, 9.17) is 13.9 Å². The van der Waals surface area contributed by atoms with Crippen LogP contribution in [0.25, 0.3) is 11.0 Å². The van der Waals surface area contributed by atoms with Crippen molar-refractivity contribution in [2.45, 2.75) is 12.3 Å². The van der Waals surface area contributed by atoms with Gasteiger partial charge in [0, 0.05) is 17.5 Å². The number of benzene rings is 2. The van der Waals surface area contributed by atoms with Gasteiger partial charge >= 0.3 is 11.6 Å². The highest BCUT2D eigenvalue weighted by molar-refractivity contribution is 5.89. The minimum atomic E-state index is -0.731. The molecule has 0 aliphatic carbocycles. The molecule has 0 fully saturated rings. The molecule has 0 aliphatic rings. The third kappa shape index (κ3) is 3.59. The number of esters is 1. The van der Waals surface area contributed by atoms with Gasteiger partial charge in [-0.3, -0.25) is 4.79 Å². The number of methoxy groups -OCH3 is 2. The lowest BCUT2D eigenvalue weighted by atomic mass is 9.90. The summed E-state index contributed by atoms with van der Waals surface area (Å²) in [4.78, 5) is 24.4. The van der Waals surface area contributed by atoms with Gasteiger partial charge in [-0.05, 0) is 41.8 Å². The van der Waals surface area contributed by atoms with E-state index in [9.17, 15) is 14.0 Å². The first kappa shape index (κ1) is 17.7. The number of hydrogen-bond acceptors (Lipinski definition) is 5. The molecule has 1 atom stereocenters. The van der Waals surface area contributed by atoms with Crippen LogP contribution in [0.5, 0.6) is 5.75 Å². The molecule has 2 aromatic carbocycles. The number of fused-ring (bicyclic) bond motifs is 1. The summed E-state index contributed by atoms with van der Waals surface area (Å²) in [5.41, 5.74) is 0.986. The van der Waals surface area contributed by atoms with Gasteiger partial charge in [0.2, 0.25) is 0 Å². The second-order valence-electron chi connectivity index (χ2n) is 5.79. The maximum atomic E-state index is 13.1. The minimum absolute atomic E-state index is 0.261. The van der Waals surface area contributed by atoms with Gasteiger partial charge in [-0.2, -0.15) is 0 Å². The Morgan fingerprint density at radius 2 is 1.85 bits per heavy atom. The zero-order valence-corrected chi connectivity index (χ0v) is 14.3. The predicted octanol–water partition coefficient (Wildman–Crippen LogP) is 3.44. The summed E-state index contributed by atoms with van der Waals surface area (Å²) >= 11 is 0. The summed E-state index contributed by atoms with van der Waals surface area (Å²) < 4.78 is 28.5. The highest BCUT2D eigenvalue weighted by Crippen LogP contribution is 2.30. The number of ether oxygens (including phenoxy) is 2. The van der Waals surface area contributed by atoms with E-state index in [0.717, 1.165) is 5.56 Å². The van der Waals surface area contributed by atoms with Crippen LogP contribution in [0.3, 0.4) is 0 Å². The molecule has 0 N–H and O–H groups in total. The van der Waals surface area contributed by atoms with Crippen LogP contribution >= 0.6 is 0 Å². The first-order valence-electron chi connectivity index (χ1n) is 7.96. The zero-order valence-electron chi connectivity index (χ0n) is 14.3. The molecule has 0 bridgehead atoms. The number of hydrogen-bond donors (Lipinski definition) is 0. The summed E-state index contributed by atoms with van der Waals surface area (Å²) in [6, 6.07) is 12.2. The largest absolute Gasteiger partial charge is 0.497 e. The minimum Gasteiger partial charge on any atom is -0.497 e. The van der Waals surface area contributed by atoms with E-state index in [1.165, 1.54) is 32.4 Å². The van der Waals surface area contributed by atoms with Crippen LogP contribution in [0, 0.1) is 5.82 Å². The third-order valence-electron chi connectivity index (χ3n) is 4.20. The van der Waals surface area contributed by atoms with Gasteiger partial charge in [-0.1, -0.05) is 12.1 Å². The number of carbonyl (C=O) groups is 1. The van der Waals surface area contributed by atoms with Crippen molar-refractivity contribution in [3.8, 4) is 5.75 Å². The maximum absolute atomic E-state index is 13.1. The molecule has 3 aromatic rings. The van der Waals surface area contributed by atoms with E-state index in [2.05, 4.69) is 0 Å². The molecule has 0 radical (unpaired) electrons. The summed E-state index contributed by atoms with van der Waals surface area (Å²) in [5, 5.41) is 0.614. The van der Waals surface area contributed by atoms with Gasteiger partial charge in [0.15, 0.2) is 0 Å². The molecule has 0 saturated heterocycles. The molecule has 0 spiro atoms. The molecule has 0 saturated carbocycles. The fourth-order valence-electron chi connectivity index (χ4n) is 2.90. The predicted molar refractivity (Wildman–Crippen MR) is 93.9 cm³/mol. The van der Waals surface area contributed by atoms with Crippen molar-refractivity contribution in [1.29, 1.82) is 0 Å². The van der Waals surface area contributed by atoms with Crippen LogP contribution in [-0.4, -0.2) is 20.2 Å². The molecule has 3 rings (SSSR count). The number of carbonyl (C=O) groups excluding carboxylic acids is 1. The molecule has 5 nitrogen and oxygen atoms in total. The highest BCUT2D eigenvalue weighted by Gasteiger charge is 2.25. The van der Waals surface area contributed by atoms with E-state index in [1.54, 1.807) is 30.3 Å².